The second-order valence-electron chi connectivity index (χ2n) is 7.89. The van der Waals surface area contributed by atoms with E-state index in [4.69, 9.17) is 25.8 Å². The number of aromatic nitrogens is 3. The maximum Gasteiger partial charge on any atom is 0.420 e. The fourth-order valence-electron chi connectivity index (χ4n) is 4.01. The summed E-state index contributed by atoms with van der Waals surface area (Å²) < 4.78 is 89.3. The van der Waals surface area contributed by atoms with Crippen molar-refractivity contribution >= 4 is 17.6 Å². The first-order chi connectivity index (χ1) is 17.4. The van der Waals surface area contributed by atoms with E-state index in [-0.39, 0.29) is 22.9 Å². The van der Waals surface area contributed by atoms with Crippen LogP contribution in [-0.2, 0) is 26.4 Å². The van der Waals surface area contributed by atoms with Gasteiger partial charge < -0.3 is 19.3 Å². The fourth-order valence-corrected chi connectivity index (χ4v) is 4.19. The summed E-state index contributed by atoms with van der Waals surface area (Å²) in [5.74, 6) is -6.85. The lowest BCUT2D eigenvalue weighted by molar-refractivity contribution is -0.190. The molecule has 1 aliphatic heterocycles. The van der Waals surface area contributed by atoms with E-state index in [9.17, 15) is 31.9 Å². The summed E-state index contributed by atoms with van der Waals surface area (Å²) >= 11 is 6.16. The molecular weight excluding hydrogens is 529 g/mol. The highest BCUT2D eigenvalue weighted by atomic mass is 35.5. The molecule has 3 aromatic rings. The molecule has 2 heterocycles. The number of rotatable bonds is 6. The van der Waals surface area contributed by atoms with Gasteiger partial charge in [0.15, 0.2) is 0 Å². The highest BCUT2D eigenvalue weighted by molar-refractivity contribution is 6.30. The van der Waals surface area contributed by atoms with Crippen LogP contribution in [0.4, 0.5) is 22.0 Å². The first-order valence-corrected chi connectivity index (χ1v) is 11.2. The summed E-state index contributed by atoms with van der Waals surface area (Å²) in [5.41, 5.74) is -1.83. The Morgan fingerprint density at radius 1 is 1.16 bits per heavy atom. The van der Waals surface area contributed by atoms with Crippen molar-refractivity contribution in [2.24, 2.45) is 0 Å². The molecule has 37 heavy (non-hydrogen) atoms. The Labute approximate surface area is 211 Å². The van der Waals surface area contributed by atoms with Gasteiger partial charge in [0.25, 0.3) is 6.29 Å². The number of hydrogen-bond donors (Lipinski definition) is 1. The number of carbonyl (C=O) groups excluding carboxylic acids is 1. The first-order valence-electron chi connectivity index (χ1n) is 10.8. The van der Waals surface area contributed by atoms with Gasteiger partial charge in [-0.1, -0.05) is 23.7 Å². The molecule has 0 bridgehead atoms. The lowest BCUT2D eigenvalue weighted by Crippen LogP contribution is -2.25. The van der Waals surface area contributed by atoms with E-state index < -0.39 is 65.6 Å². The van der Waals surface area contributed by atoms with E-state index in [1.54, 1.807) is 0 Å². The summed E-state index contributed by atoms with van der Waals surface area (Å²) in [6.45, 7) is 0.784. The van der Waals surface area contributed by atoms with Gasteiger partial charge in [0.05, 0.1) is 12.3 Å². The molecular formula is C23H19ClF5N3O5. The molecule has 0 amide bonds. The van der Waals surface area contributed by atoms with Crippen LogP contribution in [0, 0.1) is 0 Å². The predicted octanol–water partition coefficient (Wildman–Crippen LogP) is 5.10. The van der Waals surface area contributed by atoms with Crippen LogP contribution in [0.3, 0.4) is 0 Å². The molecule has 0 fully saturated rings. The van der Waals surface area contributed by atoms with Crippen LogP contribution in [0.15, 0.2) is 36.4 Å². The van der Waals surface area contributed by atoms with Crippen LogP contribution < -0.4 is 4.74 Å². The van der Waals surface area contributed by atoms with Crippen LogP contribution in [0.25, 0.3) is 5.69 Å². The minimum atomic E-state index is -4.92. The van der Waals surface area contributed by atoms with Gasteiger partial charge >= 0.3 is 18.1 Å². The normalized spacial score (nSPS) is 17.5. The Morgan fingerprint density at radius 2 is 1.89 bits per heavy atom. The van der Waals surface area contributed by atoms with E-state index in [1.165, 1.54) is 31.2 Å². The van der Waals surface area contributed by atoms with Crippen molar-refractivity contribution in [2.45, 2.75) is 38.3 Å². The van der Waals surface area contributed by atoms with Gasteiger partial charge in [-0.05, 0) is 31.2 Å². The molecule has 0 spiro atoms. The maximum atomic E-state index is 14.7. The zero-order valence-corrected chi connectivity index (χ0v) is 20.0. The molecule has 1 N–H and O–H groups in total. The Kier molecular flexibility index (Phi) is 7.14. The molecule has 8 nitrogen and oxygen atoms in total. The average molecular weight is 548 g/mol. The topological polar surface area (TPSA) is 95.7 Å². The smallest absolute Gasteiger partial charge is 0.420 e. The maximum absolute atomic E-state index is 14.7. The van der Waals surface area contributed by atoms with Gasteiger partial charge in [0.1, 0.15) is 24.0 Å². The summed E-state index contributed by atoms with van der Waals surface area (Å²) in [5, 5.41) is 16.4. The third-order valence-electron chi connectivity index (χ3n) is 5.39. The standard InChI is InChI=1S/C23H19ClF5N3O5/c1-3-35-16-6-4-5-13(17(16)23(27,28)29)18-14-9-12(24)7-8-15(14)32-19(20(37-18)36-11(2)34)30-31-21(32)22(25,26)10-33/h4-9,18,20,33H,3,10H2,1-2H3/t18-,20+/m1/s1. The minimum Gasteiger partial charge on any atom is -0.493 e. The van der Waals surface area contributed by atoms with Gasteiger partial charge in [0.2, 0.25) is 11.6 Å². The van der Waals surface area contributed by atoms with E-state index in [2.05, 4.69) is 10.2 Å². The van der Waals surface area contributed by atoms with Crippen molar-refractivity contribution in [1.29, 1.82) is 0 Å². The molecule has 2 atom stereocenters. The van der Waals surface area contributed by atoms with Crippen LogP contribution in [0.1, 0.15) is 54.6 Å². The van der Waals surface area contributed by atoms with Crippen LogP contribution in [0.2, 0.25) is 5.02 Å². The van der Waals surface area contributed by atoms with Crippen molar-refractivity contribution in [3.05, 3.63) is 69.8 Å². The number of nitrogens with zero attached hydrogens (tertiary/aromatic N) is 3. The second kappa shape index (κ2) is 9.88. The number of aliphatic hydroxyl groups excluding tert-OH is 1. The molecule has 0 unspecified atom stereocenters. The highest BCUT2D eigenvalue weighted by Crippen LogP contribution is 2.48. The summed E-state index contributed by atoms with van der Waals surface area (Å²) in [4.78, 5) is 11.9. The molecule has 2 aromatic carbocycles. The van der Waals surface area contributed by atoms with Gasteiger partial charge in [-0.15, -0.1) is 10.2 Å². The third-order valence-corrected chi connectivity index (χ3v) is 5.63. The number of alkyl halides is 5. The summed E-state index contributed by atoms with van der Waals surface area (Å²) in [6.07, 6.45) is -8.43. The number of aliphatic hydroxyl groups is 1. The summed E-state index contributed by atoms with van der Waals surface area (Å²) in [7, 11) is 0. The summed E-state index contributed by atoms with van der Waals surface area (Å²) in [6, 6.07) is 7.37. The first kappa shape index (κ1) is 26.8. The third kappa shape index (κ3) is 4.98. The Morgan fingerprint density at radius 3 is 2.51 bits per heavy atom. The van der Waals surface area contributed by atoms with Gasteiger partial charge in [-0.25, -0.2) is 0 Å². The minimum absolute atomic E-state index is 0.0536. The molecule has 0 aliphatic carbocycles. The molecule has 4 rings (SSSR count). The van der Waals surface area contributed by atoms with E-state index >= 15 is 0 Å². The quantitative estimate of drug-likeness (QED) is 0.339. The molecule has 1 aliphatic rings. The number of halogens is 6. The Balaban J connectivity index is 2.06. The van der Waals surface area contributed by atoms with Gasteiger partial charge in [-0.2, -0.15) is 22.0 Å². The van der Waals surface area contributed by atoms with Gasteiger partial charge in [0, 0.05) is 23.1 Å². The highest BCUT2D eigenvalue weighted by Gasteiger charge is 2.46. The lowest BCUT2D eigenvalue weighted by Gasteiger charge is -2.26. The van der Waals surface area contributed by atoms with E-state index in [0.29, 0.717) is 0 Å². The van der Waals surface area contributed by atoms with Crippen molar-refractivity contribution < 1.29 is 46.1 Å². The molecule has 198 valence electrons. The van der Waals surface area contributed by atoms with Crippen LogP contribution in [0.5, 0.6) is 5.75 Å². The van der Waals surface area contributed by atoms with Gasteiger partial charge in [-0.3, -0.25) is 9.36 Å². The molecule has 0 radical (unpaired) electrons. The number of hydrogen-bond acceptors (Lipinski definition) is 7. The van der Waals surface area contributed by atoms with E-state index in [0.717, 1.165) is 23.6 Å². The largest absolute Gasteiger partial charge is 0.493 e. The van der Waals surface area contributed by atoms with Crippen molar-refractivity contribution in [2.75, 3.05) is 13.2 Å². The molecule has 0 saturated heterocycles. The number of fused-ring (bicyclic) bond motifs is 3. The fraction of sp³-hybridized carbons (Fsp3) is 0.348. The average Bonchev–Trinajstić information content (AvgIpc) is 3.22. The number of esters is 1. The Bertz CT molecular complexity index is 1330. The van der Waals surface area contributed by atoms with Crippen molar-refractivity contribution in [1.82, 2.24) is 14.8 Å². The van der Waals surface area contributed by atoms with Crippen molar-refractivity contribution in [3.8, 4) is 11.4 Å². The second-order valence-corrected chi connectivity index (χ2v) is 8.33. The zero-order valence-electron chi connectivity index (χ0n) is 19.2. The number of benzene rings is 2. The monoisotopic (exact) mass is 547 g/mol. The zero-order chi connectivity index (χ0) is 27.1. The van der Waals surface area contributed by atoms with Crippen molar-refractivity contribution in [3.63, 3.8) is 0 Å². The number of carbonyl (C=O) groups is 1. The predicted molar refractivity (Wildman–Crippen MR) is 117 cm³/mol. The molecule has 1 aromatic heterocycles. The molecule has 14 heteroatoms. The molecule has 0 saturated carbocycles. The van der Waals surface area contributed by atoms with Crippen LogP contribution >= 0.6 is 11.6 Å². The Hall–Kier alpha value is -3.29. The number of ether oxygens (including phenoxy) is 3. The SMILES string of the molecule is CCOc1cccc([C@H]2O[C@H](OC(C)=O)c3nnc(C(F)(F)CO)n3-c3ccc(Cl)cc32)c1C(F)(F)F. The van der Waals surface area contributed by atoms with Crippen LogP contribution in [-0.4, -0.2) is 39.1 Å². The van der Waals surface area contributed by atoms with E-state index in [1.807, 2.05) is 0 Å². The lowest BCUT2D eigenvalue weighted by atomic mass is 9.94.